The van der Waals surface area contributed by atoms with Crippen LogP contribution in [0.3, 0.4) is 0 Å². The maximum atomic E-state index is 2.33. The van der Waals surface area contributed by atoms with E-state index in [2.05, 4.69) is 25.6 Å². The molecular formula is C7H14S. The summed E-state index contributed by atoms with van der Waals surface area (Å²) in [6.07, 6.45) is 4.33. The maximum Gasteiger partial charge on any atom is 0.00214 e. The standard InChI is InChI=1S/C7H14S/c1-6-4-3-5-7(2)8-6/h6-7H,3-5H2,1-2H3/t6-,7?/m0/s1. The molecule has 1 saturated heterocycles. The van der Waals surface area contributed by atoms with E-state index in [0.29, 0.717) is 0 Å². The normalized spacial score (nSPS) is 39.8. The molecule has 2 atom stereocenters. The molecule has 0 aromatic carbocycles. The lowest BCUT2D eigenvalue weighted by atomic mass is 10.1. The first-order valence-electron chi connectivity index (χ1n) is 3.44. The van der Waals surface area contributed by atoms with E-state index in [4.69, 9.17) is 0 Å². The average molecular weight is 130 g/mol. The van der Waals surface area contributed by atoms with Gasteiger partial charge in [0.15, 0.2) is 0 Å². The third-order valence-electron chi connectivity index (χ3n) is 1.69. The van der Waals surface area contributed by atoms with E-state index >= 15 is 0 Å². The van der Waals surface area contributed by atoms with Crippen molar-refractivity contribution in [3.8, 4) is 0 Å². The molecule has 0 saturated carbocycles. The van der Waals surface area contributed by atoms with Crippen LogP contribution in [0.15, 0.2) is 0 Å². The molecule has 0 radical (unpaired) electrons. The highest BCUT2D eigenvalue weighted by Crippen LogP contribution is 2.30. The molecule has 0 spiro atoms. The summed E-state index contributed by atoms with van der Waals surface area (Å²) in [5, 5.41) is 1.86. The van der Waals surface area contributed by atoms with Gasteiger partial charge in [0.1, 0.15) is 0 Å². The minimum absolute atomic E-state index is 0.929. The molecule has 0 aliphatic carbocycles. The molecule has 0 aromatic rings. The molecule has 0 N–H and O–H groups in total. The lowest BCUT2D eigenvalue weighted by molar-refractivity contribution is 0.641. The Kier molecular flexibility index (Phi) is 2.24. The fraction of sp³-hybridized carbons (Fsp3) is 1.00. The summed E-state index contributed by atoms with van der Waals surface area (Å²) in [6, 6.07) is 0. The fourth-order valence-electron chi connectivity index (χ4n) is 1.23. The summed E-state index contributed by atoms with van der Waals surface area (Å²) in [5.41, 5.74) is 0. The number of thioether (sulfide) groups is 1. The fourth-order valence-corrected chi connectivity index (χ4v) is 2.62. The lowest BCUT2D eigenvalue weighted by Crippen LogP contribution is -2.11. The third-order valence-corrected chi connectivity index (χ3v) is 3.09. The highest BCUT2D eigenvalue weighted by molar-refractivity contribution is 8.00. The largest absolute Gasteiger partial charge is 0.156 e. The first-order valence-corrected chi connectivity index (χ1v) is 4.39. The summed E-state index contributed by atoms with van der Waals surface area (Å²) in [7, 11) is 0. The van der Waals surface area contributed by atoms with Crippen LogP contribution in [-0.4, -0.2) is 10.5 Å². The molecule has 1 unspecified atom stereocenters. The molecule has 1 fully saturated rings. The van der Waals surface area contributed by atoms with Gasteiger partial charge in [0.2, 0.25) is 0 Å². The molecule has 1 heterocycles. The van der Waals surface area contributed by atoms with E-state index < -0.39 is 0 Å². The quantitative estimate of drug-likeness (QED) is 0.486. The van der Waals surface area contributed by atoms with Crippen LogP contribution >= 0.6 is 11.8 Å². The molecule has 0 aromatic heterocycles. The Morgan fingerprint density at radius 2 is 1.62 bits per heavy atom. The van der Waals surface area contributed by atoms with Crippen LogP contribution in [-0.2, 0) is 0 Å². The molecule has 1 aliphatic rings. The zero-order valence-electron chi connectivity index (χ0n) is 5.68. The van der Waals surface area contributed by atoms with Gasteiger partial charge in [0.05, 0.1) is 0 Å². The smallest absolute Gasteiger partial charge is 0.00214 e. The van der Waals surface area contributed by atoms with Crippen molar-refractivity contribution in [1.29, 1.82) is 0 Å². The zero-order valence-corrected chi connectivity index (χ0v) is 6.50. The van der Waals surface area contributed by atoms with Crippen molar-refractivity contribution in [3.05, 3.63) is 0 Å². The van der Waals surface area contributed by atoms with Crippen molar-refractivity contribution in [2.24, 2.45) is 0 Å². The predicted molar refractivity (Wildman–Crippen MR) is 40.4 cm³/mol. The second kappa shape index (κ2) is 2.77. The monoisotopic (exact) mass is 130 g/mol. The van der Waals surface area contributed by atoms with Gasteiger partial charge in [-0.15, -0.1) is 0 Å². The van der Waals surface area contributed by atoms with E-state index in [9.17, 15) is 0 Å². The molecule has 8 heavy (non-hydrogen) atoms. The van der Waals surface area contributed by atoms with E-state index in [1.54, 1.807) is 0 Å². The second-order valence-corrected chi connectivity index (χ2v) is 4.57. The Labute approximate surface area is 56.0 Å². The van der Waals surface area contributed by atoms with Gasteiger partial charge in [0.25, 0.3) is 0 Å². The van der Waals surface area contributed by atoms with Gasteiger partial charge in [0, 0.05) is 10.5 Å². The number of hydrogen-bond donors (Lipinski definition) is 0. The van der Waals surface area contributed by atoms with Crippen LogP contribution in [0.1, 0.15) is 33.1 Å². The van der Waals surface area contributed by atoms with Crippen molar-refractivity contribution in [2.75, 3.05) is 0 Å². The SMILES string of the molecule is CC1CCC[C@H](C)S1. The van der Waals surface area contributed by atoms with Gasteiger partial charge in [-0.3, -0.25) is 0 Å². The van der Waals surface area contributed by atoms with Crippen LogP contribution in [0.25, 0.3) is 0 Å². The van der Waals surface area contributed by atoms with Gasteiger partial charge in [-0.25, -0.2) is 0 Å². The topological polar surface area (TPSA) is 0 Å². The minimum atomic E-state index is 0.929. The maximum absolute atomic E-state index is 2.33. The van der Waals surface area contributed by atoms with Crippen LogP contribution in [0.4, 0.5) is 0 Å². The van der Waals surface area contributed by atoms with Crippen molar-refractivity contribution >= 4 is 11.8 Å². The van der Waals surface area contributed by atoms with Gasteiger partial charge >= 0.3 is 0 Å². The van der Waals surface area contributed by atoms with Crippen LogP contribution in [0, 0.1) is 0 Å². The summed E-state index contributed by atoms with van der Waals surface area (Å²) in [6.45, 7) is 4.67. The van der Waals surface area contributed by atoms with E-state index in [0.717, 1.165) is 10.5 Å². The third kappa shape index (κ3) is 1.70. The molecule has 1 aliphatic heterocycles. The second-order valence-electron chi connectivity index (χ2n) is 2.69. The van der Waals surface area contributed by atoms with Gasteiger partial charge < -0.3 is 0 Å². The molecule has 1 heteroatoms. The molecule has 0 bridgehead atoms. The Morgan fingerprint density at radius 1 is 1.12 bits per heavy atom. The Balaban J connectivity index is 2.23. The van der Waals surface area contributed by atoms with Crippen molar-refractivity contribution < 1.29 is 0 Å². The average Bonchev–Trinajstić information content (AvgIpc) is 1.64. The van der Waals surface area contributed by atoms with Crippen molar-refractivity contribution in [2.45, 2.75) is 43.6 Å². The van der Waals surface area contributed by atoms with Gasteiger partial charge in [-0.05, 0) is 12.8 Å². The van der Waals surface area contributed by atoms with Crippen molar-refractivity contribution in [1.82, 2.24) is 0 Å². The Bertz CT molecular complexity index is 62.8. The summed E-state index contributed by atoms with van der Waals surface area (Å²) >= 11 is 2.14. The van der Waals surface area contributed by atoms with Crippen LogP contribution in [0.2, 0.25) is 0 Å². The predicted octanol–water partition coefficient (Wildman–Crippen LogP) is 2.68. The van der Waals surface area contributed by atoms with Gasteiger partial charge in [-0.1, -0.05) is 20.3 Å². The highest BCUT2D eigenvalue weighted by atomic mass is 32.2. The summed E-state index contributed by atoms with van der Waals surface area (Å²) < 4.78 is 0. The molecule has 1 rings (SSSR count). The first kappa shape index (κ1) is 6.47. The van der Waals surface area contributed by atoms with E-state index in [-0.39, 0.29) is 0 Å². The van der Waals surface area contributed by atoms with Crippen LogP contribution in [0.5, 0.6) is 0 Å². The molecule has 0 nitrogen and oxygen atoms in total. The zero-order chi connectivity index (χ0) is 5.98. The van der Waals surface area contributed by atoms with Gasteiger partial charge in [-0.2, -0.15) is 11.8 Å². The molecule has 48 valence electrons. The van der Waals surface area contributed by atoms with E-state index in [1.165, 1.54) is 19.3 Å². The van der Waals surface area contributed by atoms with E-state index in [1.807, 2.05) is 0 Å². The number of hydrogen-bond acceptors (Lipinski definition) is 1. The summed E-state index contributed by atoms with van der Waals surface area (Å²) in [5.74, 6) is 0. The van der Waals surface area contributed by atoms with Crippen molar-refractivity contribution in [3.63, 3.8) is 0 Å². The minimum Gasteiger partial charge on any atom is -0.156 e. The summed E-state index contributed by atoms with van der Waals surface area (Å²) in [4.78, 5) is 0. The molecule has 0 amide bonds. The van der Waals surface area contributed by atoms with Crippen LogP contribution < -0.4 is 0 Å². The number of rotatable bonds is 0. The first-order chi connectivity index (χ1) is 3.79. The molecular weight excluding hydrogens is 116 g/mol. The Morgan fingerprint density at radius 3 is 1.88 bits per heavy atom. The highest BCUT2D eigenvalue weighted by Gasteiger charge is 2.14. The lowest BCUT2D eigenvalue weighted by Gasteiger charge is -2.22. The Hall–Kier alpha value is 0.350.